The predicted octanol–water partition coefficient (Wildman–Crippen LogP) is 3.11. The molecule has 160 valence electrons. The van der Waals surface area contributed by atoms with Gasteiger partial charge in [0.1, 0.15) is 12.6 Å². The fraction of sp³-hybridized carbons (Fsp3) is 0.238. The highest BCUT2D eigenvalue weighted by molar-refractivity contribution is 9.10. The maximum absolute atomic E-state index is 12.3. The van der Waals surface area contributed by atoms with Crippen LogP contribution in [0.2, 0.25) is 0 Å². The topological polar surface area (TPSA) is 117 Å². The number of methoxy groups -OCH3 is 1. The molecule has 0 fully saturated rings. The number of hydrogen-bond acceptors (Lipinski definition) is 7. The van der Waals surface area contributed by atoms with E-state index in [4.69, 9.17) is 15.2 Å². The van der Waals surface area contributed by atoms with Gasteiger partial charge in [-0.3, -0.25) is 4.79 Å². The molecule has 0 radical (unpaired) electrons. The predicted molar refractivity (Wildman–Crippen MR) is 118 cm³/mol. The van der Waals surface area contributed by atoms with Crippen LogP contribution in [0, 0.1) is 6.92 Å². The third-order valence-electron chi connectivity index (χ3n) is 5.18. The number of amides is 1. The smallest absolute Gasteiger partial charge is 0.248 e. The first-order valence-electron chi connectivity index (χ1n) is 9.51. The first-order chi connectivity index (χ1) is 14.9. The number of allylic oxidation sites excluding steroid dienone is 1. The van der Waals surface area contributed by atoms with Gasteiger partial charge in [-0.2, -0.15) is 4.68 Å². The summed E-state index contributed by atoms with van der Waals surface area (Å²) in [6.45, 7) is 4.18. The van der Waals surface area contributed by atoms with Gasteiger partial charge in [-0.05, 0) is 69.0 Å². The number of nitrogens with zero attached hydrogens (tertiary/aromatic N) is 4. The average molecular weight is 485 g/mol. The van der Waals surface area contributed by atoms with E-state index in [2.05, 4.69) is 36.8 Å². The highest BCUT2D eigenvalue weighted by Crippen LogP contribution is 2.42. The number of rotatable bonds is 6. The second kappa shape index (κ2) is 8.38. The molecule has 4 rings (SSSR count). The number of aryl methyl sites for hydroxylation is 1. The van der Waals surface area contributed by atoms with Crippen molar-refractivity contribution in [2.75, 3.05) is 12.4 Å². The first-order valence-corrected chi connectivity index (χ1v) is 10.3. The summed E-state index contributed by atoms with van der Waals surface area (Å²) in [7, 11) is 1.56. The molecule has 1 atom stereocenters. The van der Waals surface area contributed by atoms with Gasteiger partial charge in [0, 0.05) is 5.70 Å². The molecule has 2 heterocycles. The number of nitrogens with two attached hydrogens (primary N) is 1. The van der Waals surface area contributed by atoms with Crippen LogP contribution >= 0.6 is 15.9 Å². The Kier molecular flexibility index (Phi) is 5.64. The van der Waals surface area contributed by atoms with E-state index in [9.17, 15) is 4.79 Å². The Balaban J connectivity index is 1.74. The van der Waals surface area contributed by atoms with E-state index >= 15 is 0 Å². The van der Waals surface area contributed by atoms with Crippen LogP contribution in [-0.4, -0.2) is 33.2 Å². The molecule has 0 saturated heterocycles. The van der Waals surface area contributed by atoms with E-state index in [1.54, 1.807) is 20.1 Å². The molecule has 1 aromatic heterocycles. The molecule has 2 aromatic carbocycles. The van der Waals surface area contributed by atoms with Crippen molar-refractivity contribution in [1.82, 2.24) is 20.2 Å². The number of benzene rings is 2. The van der Waals surface area contributed by atoms with E-state index < -0.39 is 11.9 Å². The third-order valence-corrected chi connectivity index (χ3v) is 5.77. The molecule has 3 aromatic rings. The van der Waals surface area contributed by atoms with Crippen LogP contribution in [0.3, 0.4) is 0 Å². The number of tetrazole rings is 1. The lowest BCUT2D eigenvalue weighted by atomic mass is 9.95. The largest absolute Gasteiger partial charge is 0.493 e. The maximum atomic E-state index is 12.3. The van der Waals surface area contributed by atoms with E-state index in [1.807, 2.05) is 37.3 Å². The zero-order valence-corrected chi connectivity index (χ0v) is 18.8. The first kappa shape index (κ1) is 20.9. The molecule has 9 nitrogen and oxygen atoms in total. The minimum absolute atomic E-state index is 0.363. The van der Waals surface area contributed by atoms with Gasteiger partial charge in [0.15, 0.2) is 11.5 Å². The highest BCUT2D eigenvalue weighted by Gasteiger charge is 2.34. The number of halogens is 1. The van der Waals surface area contributed by atoms with Crippen molar-refractivity contribution in [3.8, 4) is 11.5 Å². The van der Waals surface area contributed by atoms with Crippen LogP contribution in [0.5, 0.6) is 11.5 Å². The molecular formula is C21H21BrN6O3. The van der Waals surface area contributed by atoms with E-state index in [1.165, 1.54) is 4.68 Å². The number of primary amides is 1. The molecule has 3 N–H and O–H groups in total. The SMILES string of the molecule is COc1cc(C2C(C(N)=O)=C(C)Nc3nnnn32)cc(Br)c1OCc1ccccc1C. The van der Waals surface area contributed by atoms with Crippen LogP contribution < -0.4 is 20.5 Å². The lowest BCUT2D eigenvalue weighted by molar-refractivity contribution is -0.115. The number of aromatic nitrogens is 4. The maximum Gasteiger partial charge on any atom is 0.248 e. The Bertz CT molecular complexity index is 1190. The van der Waals surface area contributed by atoms with Gasteiger partial charge in [0.05, 0.1) is 17.2 Å². The lowest BCUT2D eigenvalue weighted by Crippen LogP contribution is -2.31. The van der Waals surface area contributed by atoms with Crippen LogP contribution in [0.25, 0.3) is 0 Å². The van der Waals surface area contributed by atoms with Gasteiger partial charge in [-0.15, -0.1) is 0 Å². The Morgan fingerprint density at radius 2 is 2.06 bits per heavy atom. The van der Waals surface area contributed by atoms with Crippen LogP contribution in [0.4, 0.5) is 5.95 Å². The monoisotopic (exact) mass is 484 g/mol. The summed E-state index contributed by atoms with van der Waals surface area (Å²) in [6, 6.07) is 11.1. The van der Waals surface area contributed by atoms with Crippen LogP contribution in [0.15, 0.2) is 52.1 Å². The van der Waals surface area contributed by atoms with Crippen LogP contribution in [0.1, 0.15) is 29.7 Å². The van der Waals surface area contributed by atoms with Gasteiger partial charge in [-0.25, -0.2) is 0 Å². The second-order valence-corrected chi connectivity index (χ2v) is 7.98. The summed E-state index contributed by atoms with van der Waals surface area (Å²) in [4.78, 5) is 12.3. The molecule has 1 amide bonds. The van der Waals surface area contributed by atoms with Gasteiger partial charge in [0.25, 0.3) is 0 Å². The number of fused-ring (bicyclic) bond motifs is 1. The van der Waals surface area contributed by atoms with E-state index in [0.717, 1.165) is 16.7 Å². The highest BCUT2D eigenvalue weighted by atomic mass is 79.9. The summed E-state index contributed by atoms with van der Waals surface area (Å²) in [5, 5.41) is 14.7. The van der Waals surface area contributed by atoms with Crippen LogP contribution in [-0.2, 0) is 11.4 Å². The molecule has 0 aliphatic carbocycles. The normalized spacial score (nSPS) is 15.3. The van der Waals surface area contributed by atoms with Crippen molar-refractivity contribution in [2.45, 2.75) is 26.5 Å². The quantitative estimate of drug-likeness (QED) is 0.551. The number of nitrogens with one attached hydrogen (secondary N) is 1. The Hall–Kier alpha value is -3.40. The molecule has 1 unspecified atom stereocenters. The minimum Gasteiger partial charge on any atom is -0.493 e. The van der Waals surface area contributed by atoms with Crippen molar-refractivity contribution in [2.24, 2.45) is 5.73 Å². The minimum atomic E-state index is -0.612. The van der Waals surface area contributed by atoms with Crippen molar-refractivity contribution in [3.05, 3.63) is 68.8 Å². The van der Waals surface area contributed by atoms with Gasteiger partial charge < -0.3 is 20.5 Å². The Morgan fingerprint density at radius 3 is 2.77 bits per heavy atom. The third kappa shape index (κ3) is 3.86. The van der Waals surface area contributed by atoms with Crippen molar-refractivity contribution in [1.29, 1.82) is 0 Å². The molecule has 31 heavy (non-hydrogen) atoms. The zero-order chi connectivity index (χ0) is 22.1. The molecule has 1 aliphatic heterocycles. The second-order valence-electron chi connectivity index (χ2n) is 7.13. The van der Waals surface area contributed by atoms with E-state index in [-0.39, 0.29) is 0 Å². The van der Waals surface area contributed by atoms with Gasteiger partial charge in [0.2, 0.25) is 11.9 Å². The fourth-order valence-corrected chi connectivity index (χ4v) is 4.17. The number of hydrogen-bond donors (Lipinski definition) is 2. The van der Waals surface area contributed by atoms with Crippen molar-refractivity contribution in [3.63, 3.8) is 0 Å². The number of ether oxygens (including phenoxy) is 2. The number of anilines is 1. The van der Waals surface area contributed by atoms with Gasteiger partial charge in [-0.1, -0.05) is 29.4 Å². The summed E-state index contributed by atoms with van der Waals surface area (Å²) < 4.78 is 13.9. The number of carbonyl (C=O) groups is 1. The summed E-state index contributed by atoms with van der Waals surface area (Å²) >= 11 is 3.59. The van der Waals surface area contributed by atoms with E-state index in [0.29, 0.717) is 39.8 Å². The average Bonchev–Trinajstić information content (AvgIpc) is 3.20. The fourth-order valence-electron chi connectivity index (χ4n) is 3.60. The molecule has 0 bridgehead atoms. The van der Waals surface area contributed by atoms with Gasteiger partial charge >= 0.3 is 0 Å². The molecule has 0 spiro atoms. The molecule has 0 saturated carbocycles. The zero-order valence-electron chi connectivity index (χ0n) is 17.2. The number of carbonyl (C=O) groups excluding carboxylic acids is 1. The summed E-state index contributed by atoms with van der Waals surface area (Å²) in [6.07, 6.45) is 0. The molecule has 10 heteroatoms. The summed E-state index contributed by atoms with van der Waals surface area (Å²) in [5.41, 5.74) is 9.58. The summed E-state index contributed by atoms with van der Waals surface area (Å²) in [5.74, 6) is 0.919. The Labute approximate surface area is 187 Å². The molecule has 1 aliphatic rings. The molecular weight excluding hydrogens is 464 g/mol. The van der Waals surface area contributed by atoms with Crippen molar-refractivity contribution >= 4 is 27.8 Å². The standard InChI is InChI=1S/C21H21BrN6O3/c1-11-6-4-5-7-13(11)10-31-19-15(22)8-14(9-16(19)30-3)18-17(20(23)29)12(2)24-21-25-26-27-28(18)21/h4-9,18H,10H2,1-3H3,(H2,23,29)(H,24,25,27). The lowest BCUT2D eigenvalue weighted by Gasteiger charge is -2.27. The van der Waals surface area contributed by atoms with Crippen molar-refractivity contribution < 1.29 is 14.3 Å². The Morgan fingerprint density at radius 1 is 1.29 bits per heavy atom.